The molecule has 3 aromatic rings. The lowest BCUT2D eigenvalue weighted by atomic mass is 10.2. The third-order valence-electron chi connectivity index (χ3n) is 3.47. The molecule has 0 radical (unpaired) electrons. The van der Waals surface area contributed by atoms with Gasteiger partial charge >= 0.3 is 12.1 Å². The van der Waals surface area contributed by atoms with Gasteiger partial charge in [-0.15, -0.1) is 0 Å². The van der Waals surface area contributed by atoms with Gasteiger partial charge < -0.3 is 9.32 Å². The first-order valence-corrected chi connectivity index (χ1v) is 7.63. The first-order valence-electron chi connectivity index (χ1n) is 6.87. The molecule has 0 aliphatic carbocycles. The van der Waals surface area contributed by atoms with Gasteiger partial charge in [-0.25, -0.2) is 4.98 Å². The van der Waals surface area contributed by atoms with Gasteiger partial charge in [0, 0.05) is 18.3 Å². The van der Waals surface area contributed by atoms with Crippen molar-refractivity contribution in [2.45, 2.75) is 6.18 Å². The highest BCUT2D eigenvalue weighted by atomic mass is 35.5. The summed E-state index contributed by atoms with van der Waals surface area (Å²) in [6.45, 7) is 0. The van der Waals surface area contributed by atoms with Gasteiger partial charge in [0.2, 0.25) is 5.89 Å². The Labute approximate surface area is 149 Å². The Balaban J connectivity index is 1.99. The maximum Gasteiger partial charge on any atom is 0.471 e. The van der Waals surface area contributed by atoms with Gasteiger partial charge in [-0.1, -0.05) is 23.2 Å². The van der Waals surface area contributed by atoms with Crippen molar-refractivity contribution in [3.05, 3.63) is 46.4 Å². The smallest absolute Gasteiger partial charge is 0.436 e. The molecule has 0 saturated heterocycles. The Morgan fingerprint density at radius 3 is 2.48 bits per heavy atom. The van der Waals surface area contributed by atoms with E-state index in [-0.39, 0.29) is 11.6 Å². The van der Waals surface area contributed by atoms with Crippen LogP contribution >= 0.6 is 23.2 Å². The number of alkyl halides is 3. The number of halogens is 5. The Kier molecular flexibility index (Phi) is 4.38. The van der Waals surface area contributed by atoms with Crippen LogP contribution in [-0.4, -0.2) is 24.1 Å². The molecule has 0 bridgehead atoms. The summed E-state index contributed by atoms with van der Waals surface area (Å²) in [5.74, 6) is -1.74. The molecule has 1 aromatic heterocycles. The highest BCUT2D eigenvalue weighted by molar-refractivity contribution is 6.42. The highest BCUT2D eigenvalue weighted by Gasteiger charge is 2.41. The topological polar surface area (TPSA) is 46.3 Å². The lowest BCUT2D eigenvalue weighted by molar-refractivity contribution is -0.170. The fraction of sp³-hybridized carbons (Fsp3) is 0.125. The molecule has 25 heavy (non-hydrogen) atoms. The summed E-state index contributed by atoms with van der Waals surface area (Å²) < 4.78 is 43.2. The molecule has 0 N–H and O–H groups in total. The average molecular weight is 389 g/mol. The molecule has 1 amide bonds. The Hall–Kier alpha value is -2.25. The summed E-state index contributed by atoms with van der Waals surface area (Å²) in [4.78, 5) is 16.1. The molecule has 0 spiro atoms. The number of aromatic nitrogens is 1. The molecule has 9 heteroatoms. The largest absolute Gasteiger partial charge is 0.471 e. The Morgan fingerprint density at radius 2 is 1.84 bits per heavy atom. The molecule has 4 nitrogen and oxygen atoms in total. The normalized spacial score (nSPS) is 11.8. The van der Waals surface area contributed by atoms with E-state index in [1.165, 1.54) is 18.2 Å². The van der Waals surface area contributed by atoms with Crippen molar-refractivity contribution in [3.8, 4) is 11.5 Å². The van der Waals surface area contributed by atoms with E-state index in [4.69, 9.17) is 27.6 Å². The molecule has 0 atom stereocenters. The molecule has 2 aromatic carbocycles. The third kappa shape index (κ3) is 3.43. The summed E-state index contributed by atoms with van der Waals surface area (Å²) in [5.41, 5.74) is 1.27. The highest BCUT2D eigenvalue weighted by Crippen LogP contribution is 2.31. The maximum absolute atomic E-state index is 12.5. The van der Waals surface area contributed by atoms with Crippen molar-refractivity contribution in [2.75, 3.05) is 11.9 Å². The van der Waals surface area contributed by atoms with Gasteiger partial charge in [0.05, 0.1) is 10.0 Å². The number of benzene rings is 2. The zero-order valence-corrected chi connectivity index (χ0v) is 14.1. The second-order valence-corrected chi connectivity index (χ2v) is 5.98. The number of carbonyl (C=O) groups is 1. The molecule has 0 saturated carbocycles. The number of fused-ring (bicyclic) bond motifs is 1. The molecule has 1 heterocycles. The summed E-state index contributed by atoms with van der Waals surface area (Å²) >= 11 is 11.8. The molecule has 3 rings (SSSR count). The summed E-state index contributed by atoms with van der Waals surface area (Å²) in [5, 5.41) is 0.689. The zero-order chi connectivity index (χ0) is 18.4. The number of rotatable bonds is 2. The molecular formula is C16H9Cl2F3N2O2. The van der Waals surface area contributed by atoms with E-state index in [2.05, 4.69) is 4.98 Å². The molecule has 0 aliphatic heterocycles. The van der Waals surface area contributed by atoms with Crippen LogP contribution in [0.15, 0.2) is 40.8 Å². The fourth-order valence-electron chi connectivity index (χ4n) is 2.18. The molecule has 0 unspecified atom stereocenters. The first-order chi connectivity index (χ1) is 11.7. The zero-order valence-electron chi connectivity index (χ0n) is 12.6. The fourth-order valence-corrected chi connectivity index (χ4v) is 2.48. The van der Waals surface area contributed by atoms with Crippen LogP contribution in [0.5, 0.6) is 0 Å². The van der Waals surface area contributed by atoms with Crippen LogP contribution in [0.2, 0.25) is 10.0 Å². The lowest BCUT2D eigenvalue weighted by Crippen LogP contribution is -2.38. The van der Waals surface area contributed by atoms with Crippen LogP contribution in [-0.2, 0) is 4.79 Å². The minimum atomic E-state index is -4.96. The van der Waals surface area contributed by atoms with Crippen molar-refractivity contribution in [1.29, 1.82) is 0 Å². The van der Waals surface area contributed by atoms with Crippen LogP contribution in [0.25, 0.3) is 22.6 Å². The molecule has 0 fully saturated rings. The Morgan fingerprint density at radius 1 is 1.12 bits per heavy atom. The SMILES string of the molecule is CN(C(=O)C(F)(F)F)c1ccc2oc(-c3ccc(Cl)c(Cl)c3)nc2c1. The van der Waals surface area contributed by atoms with Gasteiger partial charge in [0.15, 0.2) is 5.58 Å². The second-order valence-electron chi connectivity index (χ2n) is 5.16. The standard InChI is InChI=1S/C16H9Cl2F3N2O2/c1-23(15(24)16(19,20)21)9-3-5-13-12(7-9)22-14(25-13)8-2-4-10(17)11(18)6-8/h2-7H,1H3. The van der Waals surface area contributed by atoms with Crippen molar-refractivity contribution < 1.29 is 22.4 Å². The van der Waals surface area contributed by atoms with Gasteiger partial charge in [-0.3, -0.25) is 4.79 Å². The van der Waals surface area contributed by atoms with Gasteiger partial charge in [-0.2, -0.15) is 13.2 Å². The van der Waals surface area contributed by atoms with Crippen LogP contribution in [0.1, 0.15) is 0 Å². The summed E-state index contributed by atoms with van der Waals surface area (Å²) in [7, 11) is 1.04. The van der Waals surface area contributed by atoms with Gasteiger partial charge in [-0.05, 0) is 36.4 Å². The van der Waals surface area contributed by atoms with E-state index in [1.54, 1.807) is 18.2 Å². The number of oxazole rings is 1. The van der Waals surface area contributed by atoms with E-state index in [0.29, 0.717) is 31.6 Å². The van der Waals surface area contributed by atoms with Crippen molar-refractivity contribution in [3.63, 3.8) is 0 Å². The quantitative estimate of drug-likeness (QED) is 0.596. The second kappa shape index (κ2) is 6.24. The third-order valence-corrected chi connectivity index (χ3v) is 4.21. The number of amides is 1. The number of hydrogen-bond donors (Lipinski definition) is 0. The maximum atomic E-state index is 12.5. The van der Waals surface area contributed by atoms with Crippen molar-refractivity contribution in [2.24, 2.45) is 0 Å². The van der Waals surface area contributed by atoms with Gasteiger partial charge in [0.25, 0.3) is 0 Å². The molecular weight excluding hydrogens is 380 g/mol. The summed E-state index contributed by atoms with van der Waals surface area (Å²) in [6, 6.07) is 8.92. The van der Waals surface area contributed by atoms with E-state index in [9.17, 15) is 18.0 Å². The minimum absolute atomic E-state index is 0.0452. The van der Waals surface area contributed by atoms with Crippen LogP contribution in [0.4, 0.5) is 18.9 Å². The van der Waals surface area contributed by atoms with Crippen LogP contribution in [0.3, 0.4) is 0 Å². The predicted octanol–water partition coefficient (Wildman–Crippen LogP) is 5.33. The predicted molar refractivity (Wildman–Crippen MR) is 88.9 cm³/mol. The van der Waals surface area contributed by atoms with Gasteiger partial charge in [0.1, 0.15) is 5.52 Å². The Bertz CT molecular complexity index is 970. The molecule has 130 valence electrons. The van der Waals surface area contributed by atoms with E-state index >= 15 is 0 Å². The van der Waals surface area contributed by atoms with Crippen molar-refractivity contribution >= 4 is 45.9 Å². The van der Waals surface area contributed by atoms with Crippen LogP contribution < -0.4 is 4.90 Å². The number of nitrogens with zero attached hydrogens (tertiary/aromatic N) is 2. The number of anilines is 1. The minimum Gasteiger partial charge on any atom is -0.436 e. The summed E-state index contributed by atoms with van der Waals surface area (Å²) in [6.07, 6.45) is -4.96. The lowest BCUT2D eigenvalue weighted by Gasteiger charge is -2.18. The van der Waals surface area contributed by atoms with Crippen LogP contribution in [0, 0.1) is 0 Å². The monoisotopic (exact) mass is 388 g/mol. The van der Waals surface area contributed by atoms with E-state index in [0.717, 1.165) is 7.05 Å². The average Bonchev–Trinajstić information content (AvgIpc) is 2.98. The van der Waals surface area contributed by atoms with Crippen molar-refractivity contribution in [1.82, 2.24) is 4.98 Å². The number of hydrogen-bond acceptors (Lipinski definition) is 3. The molecule has 0 aliphatic rings. The van der Waals surface area contributed by atoms with E-state index < -0.39 is 12.1 Å². The number of carbonyl (C=O) groups excluding carboxylic acids is 1. The first kappa shape index (κ1) is 17.6. The van der Waals surface area contributed by atoms with E-state index in [1.807, 2.05) is 0 Å².